The summed E-state index contributed by atoms with van der Waals surface area (Å²) in [5.74, 6) is 2.60. The number of nitrogens with zero attached hydrogens (tertiary/aromatic N) is 12. The summed E-state index contributed by atoms with van der Waals surface area (Å²) in [5.41, 5.74) is 18.6. The van der Waals surface area contributed by atoms with E-state index in [4.69, 9.17) is 88.0 Å². The van der Waals surface area contributed by atoms with E-state index in [1.807, 2.05) is 55.2 Å². The Morgan fingerprint density at radius 1 is 0.722 bits per heavy atom. The molecule has 4 aliphatic rings. The lowest BCUT2D eigenvalue weighted by Crippen LogP contribution is -2.52. The highest BCUT2D eigenvalue weighted by Crippen LogP contribution is 2.42. The minimum absolute atomic E-state index is 0.173. The summed E-state index contributed by atoms with van der Waals surface area (Å²) in [6.07, 6.45) is 12.2. The number of piperidine rings is 2. The Hall–Kier alpha value is -4.35. The van der Waals surface area contributed by atoms with Crippen molar-refractivity contribution >= 4 is 86.3 Å². The van der Waals surface area contributed by atoms with Crippen LogP contribution in [0.25, 0.3) is 22.3 Å². The van der Waals surface area contributed by atoms with Gasteiger partial charge in [0.2, 0.25) is 5.91 Å². The zero-order valence-electron chi connectivity index (χ0n) is 42.1. The molecule has 6 aromatic rings. The topological polar surface area (TPSA) is 169 Å². The van der Waals surface area contributed by atoms with E-state index in [0.717, 1.165) is 147 Å². The number of nitrogens with two attached hydrogens (primary N) is 2. The van der Waals surface area contributed by atoms with Crippen LogP contribution in [0.4, 0.5) is 11.6 Å². The van der Waals surface area contributed by atoms with Crippen molar-refractivity contribution in [3.8, 4) is 0 Å². The van der Waals surface area contributed by atoms with Gasteiger partial charge in [-0.1, -0.05) is 72.4 Å². The second-order valence-corrected chi connectivity index (χ2v) is 22.9. The highest BCUT2D eigenvalue weighted by Gasteiger charge is 2.42. The molecule has 10 rings (SSSR count). The number of primary amides is 1. The Balaban J connectivity index is 0.874. The molecule has 0 radical (unpaired) electrons. The maximum absolute atomic E-state index is 11.7. The van der Waals surface area contributed by atoms with Crippen molar-refractivity contribution in [2.75, 3.05) is 55.6 Å². The molecule has 0 bridgehead atoms. The van der Waals surface area contributed by atoms with E-state index >= 15 is 0 Å². The summed E-state index contributed by atoms with van der Waals surface area (Å²) in [7, 11) is 0. The Kier molecular flexibility index (Phi) is 15.3. The molecule has 4 aliphatic heterocycles. The van der Waals surface area contributed by atoms with Crippen molar-refractivity contribution in [3.05, 3.63) is 91.4 Å². The zero-order valence-corrected chi connectivity index (χ0v) is 45.1. The standard InChI is InChI=1S/C53H68Cl4N14O/c1-30-27-66(19-15-44(30)68-18-6-7-38(68)10-13-47(59)72)49-26-61-51-33(4)65-71(53(51)63-49)46(41-12-9-37(55)24-43(41)57)22-35-21-39(14-17-58)69(29-35)45-16-20-67(28-31(45)2)48-25-60-50-32(3)64-70(52(50)62-48)34(5)40-11-8-36(54)23-42(40)56/h8-9,11-12,23-26,30-31,34-35,38-39,44-46H,6-7,10,13-22,27-29,58H2,1-5H3,(H2,59,72). The first-order valence-corrected chi connectivity index (χ1v) is 27.5. The lowest BCUT2D eigenvalue weighted by atomic mass is 9.91. The fourth-order valence-corrected chi connectivity index (χ4v) is 14.1. The van der Waals surface area contributed by atoms with Crippen LogP contribution in [0.2, 0.25) is 20.1 Å². The summed E-state index contributed by atoms with van der Waals surface area (Å²) in [6, 6.07) is 12.6. The number of rotatable bonds is 15. The van der Waals surface area contributed by atoms with E-state index in [-0.39, 0.29) is 18.0 Å². The second kappa shape index (κ2) is 21.5. The van der Waals surface area contributed by atoms with Gasteiger partial charge in [0.15, 0.2) is 11.3 Å². The first kappa shape index (κ1) is 51.1. The predicted molar refractivity (Wildman–Crippen MR) is 290 cm³/mol. The Morgan fingerprint density at radius 2 is 1.29 bits per heavy atom. The first-order valence-electron chi connectivity index (χ1n) is 26.0. The Morgan fingerprint density at radius 3 is 1.86 bits per heavy atom. The number of hydrogen-bond acceptors (Lipinski definition) is 12. The largest absolute Gasteiger partial charge is 0.370 e. The number of likely N-dealkylation sites (tertiary alicyclic amines) is 2. The number of aryl methyl sites for hydroxylation is 2. The molecule has 4 fully saturated rings. The van der Waals surface area contributed by atoms with Crippen molar-refractivity contribution in [2.24, 2.45) is 29.2 Å². The van der Waals surface area contributed by atoms with Crippen LogP contribution >= 0.6 is 46.4 Å². The van der Waals surface area contributed by atoms with E-state index < -0.39 is 0 Å². The SMILES string of the molecule is Cc1nn(C(C)c2ccc(Cl)cc2Cl)c2nc(N3CCC(N4CC(CC(c5ccc(Cl)cc5Cl)n5nc(C)c6ncc(N7CCC(N8CCCC8CCC(N)=O)C(C)C7)nc65)CC4CCN)C(C)C3)cnc12. The van der Waals surface area contributed by atoms with Crippen molar-refractivity contribution in [1.82, 2.24) is 49.3 Å². The van der Waals surface area contributed by atoms with Crippen LogP contribution in [0.3, 0.4) is 0 Å². The molecule has 9 unspecified atom stereocenters. The van der Waals surface area contributed by atoms with Crippen molar-refractivity contribution < 1.29 is 4.79 Å². The molecule has 4 aromatic heterocycles. The van der Waals surface area contributed by atoms with Crippen molar-refractivity contribution in [3.63, 3.8) is 0 Å². The molecule has 0 aliphatic carbocycles. The molecule has 15 nitrogen and oxygen atoms in total. The molecule has 4 N–H and O–H groups in total. The zero-order chi connectivity index (χ0) is 50.5. The average Bonchev–Trinajstić information content (AvgIpc) is 4.14. The molecule has 0 saturated carbocycles. The van der Waals surface area contributed by atoms with Crippen LogP contribution in [0, 0.1) is 31.6 Å². The number of carbonyl (C=O) groups is 1. The maximum atomic E-state index is 11.7. The van der Waals surface area contributed by atoms with Gasteiger partial charge in [0.25, 0.3) is 0 Å². The number of benzene rings is 2. The van der Waals surface area contributed by atoms with Gasteiger partial charge in [-0.05, 0) is 138 Å². The number of halogens is 4. The van der Waals surface area contributed by atoms with Crippen LogP contribution < -0.4 is 21.3 Å². The van der Waals surface area contributed by atoms with Gasteiger partial charge in [-0.3, -0.25) is 14.6 Å². The summed E-state index contributed by atoms with van der Waals surface area (Å²) in [5, 5.41) is 12.5. The fraction of sp³-hybridized carbons (Fsp3) is 0.566. The highest BCUT2D eigenvalue weighted by atomic mass is 35.5. The maximum Gasteiger partial charge on any atom is 0.217 e. The van der Waals surface area contributed by atoms with E-state index in [1.54, 1.807) is 6.07 Å². The average molecular weight is 1060 g/mol. The van der Waals surface area contributed by atoms with Gasteiger partial charge in [0.1, 0.15) is 22.7 Å². The number of carbonyl (C=O) groups excluding carboxylic acids is 1. The molecule has 4 saturated heterocycles. The van der Waals surface area contributed by atoms with Gasteiger partial charge in [-0.15, -0.1) is 0 Å². The first-order chi connectivity index (χ1) is 34.6. The third-order valence-electron chi connectivity index (χ3n) is 16.5. The predicted octanol–water partition coefficient (Wildman–Crippen LogP) is 9.68. The van der Waals surface area contributed by atoms with Gasteiger partial charge in [-0.25, -0.2) is 29.3 Å². The summed E-state index contributed by atoms with van der Waals surface area (Å²) in [4.78, 5) is 42.4. The van der Waals surface area contributed by atoms with Gasteiger partial charge >= 0.3 is 0 Å². The minimum Gasteiger partial charge on any atom is -0.370 e. The van der Waals surface area contributed by atoms with Gasteiger partial charge in [-0.2, -0.15) is 10.2 Å². The van der Waals surface area contributed by atoms with Gasteiger partial charge in [0.05, 0.1) is 35.9 Å². The second-order valence-electron chi connectivity index (χ2n) is 21.2. The van der Waals surface area contributed by atoms with E-state index in [0.29, 0.717) is 75.0 Å². The summed E-state index contributed by atoms with van der Waals surface area (Å²) >= 11 is 26.6. The number of hydrogen-bond donors (Lipinski definition) is 2. The number of aromatic nitrogens is 8. The quantitative estimate of drug-likeness (QED) is 0.100. The summed E-state index contributed by atoms with van der Waals surface area (Å²) < 4.78 is 4.03. The normalized spacial score (nSPS) is 25.3. The number of amides is 1. The van der Waals surface area contributed by atoms with Crippen LogP contribution in [0.5, 0.6) is 0 Å². The third-order valence-corrected chi connectivity index (χ3v) is 17.6. The lowest BCUT2D eigenvalue weighted by molar-refractivity contribution is -0.118. The van der Waals surface area contributed by atoms with Crippen LogP contribution in [-0.4, -0.2) is 125 Å². The van der Waals surface area contributed by atoms with E-state index in [2.05, 4.69) is 51.1 Å². The van der Waals surface area contributed by atoms with Crippen molar-refractivity contribution in [1.29, 1.82) is 0 Å². The molecule has 2 aromatic carbocycles. The minimum atomic E-state index is -0.215. The molecule has 0 spiro atoms. The van der Waals surface area contributed by atoms with E-state index in [1.165, 1.54) is 0 Å². The molecule has 19 heteroatoms. The molecule has 72 heavy (non-hydrogen) atoms. The van der Waals surface area contributed by atoms with Crippen LogP contribution in [0.15, 0.2) is 48.8 Å². The molecule has 8 heterocycles. The molecule has 9 atom stereocenters. The Bertz CT molecular complexity index is 2930. The van der Waals surface area contributed by atoms with Crippen LogP contribution in [-0.2, 0) is 4.79 Å². The number of fused-ring (bicyclic) bond motifs is 2. The monoisotopic (exact) mass is 1060 g/mol. The fourth-order valence-electron chi connectivity index (χ4n) is 13.0. The third kappa shape index (κ3) is 10.2. The smallest absolute Gasteiger partial charge is 0.217 e. The molecular weight excluding hydrogens is 990 g/mol. The number of anilines is 2. The van der Waals surface area contributed by atoms with E-state index in [9.17, 15) is 4.79 Å². The van der Waals surface area contributed by atoms with Crippen LogP contribution in [0.1, 0.15) is 113 Å². The lowest BCUT2D eigenvalue weighted by Gasteiger charge is -2.44. The molecule has 1 amide bonds. The van der Waals surface area contributed by atoms with Crippen molar-refractivity contribution in [2.45, 2.75) is 129 Å². The Labute approximate surface area is 442 Å². The molecule has 384 valence electrons. The molecular formula is C53H68Cl4N14O. The van der Waals surface area contributed by atoms with Gasteiger partial charge < -0.3 is 21.3 Å². The highest BCUT2D eigenvalue weighted by molar-refractivity contribution is 6.35. The summed E-state index contributed by atoms with van der Waals surface area (Å²) in [6.45, 7) is 16.9. The van der Waals surface area contributed by atoms with Gasteiger partial charge in [0, 0.05) is 83.4 Å².